The van der Waals surface area contributed by atoms with Gasteiger partial charge in [-0.05, 0) is 0 Å². The highest BCUT2D eigenvalue weighted by molar-refractivity contribution is 6.31. The molecule has 0 aromatic carbocycles. The minimum absolute atomic E-state index is 0.260. The Morgan fingerprint density at radius 1 is 1.54 bits per heavy atom. The number of rotatable bonds is 0. The molecular weight excluding hydrogens is 192 g/mol. The molecule has 13 heavy (non-hydrogen) atoms. The number of anilines is 2. The molecular formula is C7H9ClN4O. The Morgan fingerprint density at radius 3 is 3.00 bits per heavy atom. The highest BCUT2D eigenvalue weighted by atomic mass is 35.5. The van der Waals surface area contributed by atoms with Gasteiger partial charge in [-0.25, -0.2) is 0 Å². The fraction of sp³-hybridized carbons (Fsp3) is 0.429. The molecule has 2 rings (SSSR count). The van der Waals surface area contributed by atoms with Crippen molar-refractivity contribution < 1.29 is 4.74 Å². The van der Waals surface area contributed by atoms with E-state index in [1.165, 1.54) is 0 Å². The number of likely N-dealkylation sites (N-methyl/N-ethyl adjacent to an activating group) is 1. The molecule has 70 valence electrons. The van der Waals surface area contributed by atoms with E-state index >= 15 is 0 Å². The third-order valence-corrected chi connectivity index (χ3v) is 2.19. The third-order valence-electron chi connectivity index (χ3n) is 1.95. The topological polar surface area (TPSA) is 64.3 Å². The molecule has 1 aromatic rings. The minimum atomic E-state index is 0.260. The molecule has 2 N–H and O–H groups in total. The first kappa shape index (κ1) is 8.37. The maximum absolute atomic E-state index is 5.80. The van der Waals surface area contributed by atoms with Crippen LogP contribution in [0.2, 0.25) is 5.15 Å². The van der Waals surface area contributed by atoms with E-state index in [1.54, 1.807) is 0 Å². The summed E-state index contributed by atoms with van der Waals surface area (Å²) in [6.07, 6.45) is 0. The van der Waals surface area contributed by atoms with Crippen molar-refractivity contribution in [1.82, 2.24) is 10.2 Å². The number of fused-ring (bicyclic) bond motifs is 1. The molecule has 0 radical (unpaired) electrons. The third kappa shape index (κ3) is 1.25. The first-order valence-electron chi connectivity index (χ1n) is 3.85. The van der Waals surface area contributed by atoms with Crippen LogP contribution in [0.4, 0.5) is 11.5 Å². The maximum Gasteiger partial charge on any atom is 0.196 e. The number of hydrogen-bond donors (Lipinski definition) is 1. The number of ether oxygens (including phenoxy) is 1. The molecule has 1 aliphatic rings. The molecule has 1 aromatic heterocycles. The monoisotopic (exact) mass is 200 g/mol. The summed E-state index contributed by atoms with van der Waals surface area (Å²) in [4.78, 5) is 1.95. The first-order valence-corrected chi connectivity index (χ1v) is 4.23. The number of nitrogen functional groups attached to an aromatic ring is 1. The zero-order chi connectivity index (χ0) is 9.42. The van der Waals surface area contributed by atoms with Crippen LogP contribution in [0.3, 0.4) is 0 Å². The molecule has 1 aliphatic heterocycles. The standard InChI is InChI=1S/C7H9ClN4O/c1-12-2-3-13-5-4(12)7(9)11-10-6(5)8/h2-3H2,1H3,(H2,9,11). The zero-order valence-electron chi connectivity index (χ0n) is 7.12. The van der Waals surface area contributed by atoms with Crippen molar-refractivity contribution in [3.63, 3.8) is 0 Å². The van der Waals surface area contributed by atoms with E-state index < -0.39 is 0 Å². The minimum Gasteiger partial charge on any atom is -0.486 e. The van der Waals surface area contributed by atoms with Gasteiger partial charge < -0.3 is 15.4 Å². The Hall–Kier alpha value is -1.23. The van der Waals surface area contributed by atoms with Crippen molar-refractivity contribution in [3.8, 4) is 5.75 Å². The van der Waals surface area contributed by atoms with Crippen LogP contribution in [0.1, 0.15) is 0 Å². The summed E-state index contributed by atoms with van der Waals surface area (Å²) in [6.45, 7) is 1.37. The van der Waals surface area contributed by atoms with Crippen molar-refractivity contribution in [2.45, 2.75) is 0 Å². The first-order chi connectivity index (χ1) is 6.20. The predicted molar refractivity (Wildman–Crippen MR) is 50.2 cm³/mol. The van der Waals surface area contributed by atoms with Crippen LogP contribution in [0, 0.1) is 0 Å². The Kier molecular flexibility index (Phi) is 1.88. The van der Waals surface area contributed by atoms with Gasteiger partial charge in [-0.15, -0.1) is 10.2 Å². The van der Waals surface area contributed by atoms with Gasteiger partial charge in [-0.2, -0.15) is 0 Å². The molecule has 0 bridgehead atoms. The average molecular weight is 201 g/mol. The smallest absolute Gasteiger partial charge is 0.196 e. The van der Waals surface area contributed by atoms with Crippen LogP contribution in [0.25, 0.3) is 0 Å². The molecule has 2 heterocycles. The van der Waals surface area contributed by atoms with Gasteiger partial charge in [0.2, 0.25) is 0 Å². The van der Waals surface area contributed by atoms with Gasteiger partial charge in [0.05, 0.1) is 6.54 Å². The van der Waals surface area contributed by atoms with Gasteiger partial charge in [0, 0.05) is 7.05 Å². The fourth-order valence-corrected chi connectivity index (χ4v) is 1.48. The Balaban J connectivity index is 2.60. The highest BCUT2D eigenvalue weighted by Gasteiger charge is 2.22. The zero-order valence-corrected chi connectivity index (χ0v) is 7.88. The normalized spacial score (nSPS) is 15.1. The van der Waals surface area contributed by atoms with Crippen LogP contribution in [-0.2, 0) is 0 Å². The molecule has 0 aliphatic carbocycles. The van der Waals surface area contributed by atoms with Gasteiger partial charge in [-0.3, -0.25) is 0 Å². The van der Waals surface area contributed by atoms with E-state index in [0.717, 1.165) is 12.2 Å². The molecule has 0 saturated heterocycles. The number of halogens is 1. The van der Waals surface area contributed by atoms with Gasteiger partial charge in [0.1, 0.15) is 12.3 Å². The summed E-state index contributed by atoms with van der Waals surface area (Å²) in [6, 6.07) is 0. The molecule has 6 heteroatoms. The lowest BCUT2D eigenvalue weighted by molar-refractivity contribution is 0.309. The van der Waals surface area contributed by atoms with E-state index in [0.29, 0.717) is 18.2 Å². The van der Waals surface area contributed by atoms with E-state index in [-0.39, 0.29) is 5.15 Å². The lowest BCUT2D eigenvalue weighted by Gasteiger charge is -2.27. The van der Waals surface area contributed by atoms with E-state index in [2.05, 4.69) is 10.2 Å². The average Bonchev–Trinajstić information content (AvgIpc) is 2.12. The molecule has 0 saturated carbocycles. The van der Waals surface area contributed by atoms with Crippen LogP contribution in [0.5, 0.6) is 5.75 Å². The Morgan fingerprint density at radius 2 is 2.31 bits per heavy atom. The Bertz CT molecular complexity index is 344. The summed E-state index contributed by atoms with van der Waals surface area (Å²) in [7, 11) is 1.91. The predicted octanol–water partition coefficient (Wildman–Crippen LogP) is 0.541. The van der Waals surface area contributed by atoms with E-state index in [1.807, 2.05) is 11.9 Å². The lowest BCUT2D eigenvalue weighted by atomic mass is 10.3. The van der Waals surface area contributed by atoms with Crippen LogP contribution in [-0.4, -0.2) is 30.4 Å². The van der Waals surface area contributed by atoms with Crippen molar-refractivity contribution in [2.24, 2.45) is 0 Å². The lowest BCUT2D eigenvalue weighted by Crippen LogP contribution is -2.30. The van der Waals surface area contributed by atoms with Crippen molar-refractivity contribution >= 4 is 23.1 Å². The van der Waals surface area contributed by atoms with E-state index in [4.69, 9.17) is 22.1 Å². The van der Waals surface area contributed by atoms with Gasteiger partial charge in [-0.1, -0.05) is 11.6 Å². The molecule has 0 spiro atoms. The number of nitrogens with two attached hydrogens (primary N) is 1. The van der Waals surface area contributed by atoms with Crippen molar-refractivity contribution in [1.29, 1.82) is 0 Å². The fourth-order valence-electron chi connectivity index (χ4n) is 1.30. The summed E-state index contributed by atoms with van der Waals surface area (Å²) in [5, 5.41) is 7.64. The second-order valence-corrected chi connectivity index (χ2v) is 3.18. The van der Waals surface area contributed by atoms with Gasteiger partial charge >= 0.3 is 0 Å². The largest absolute Gasteiger partial charge is 0.486 e. The number of nitrogens with zero attached hydrogens (tertiary/aromatic N) is 3. The number of hydrogen-bond acceptors (Lipinski definition) is 5. The van der Waals surface area contributed by atoms with Gasteiger partial charge in [0.15, 0.2) is 16.7 Å². The molecule has 0 fully saturated rings. The van der Waals surface area contributed by atoms with Crippen LogP contribution < -0.4 is 15.4 Å². The molecule has 0 unspecified atom stereocenters. The number of aromatic nitrogens is 2. The van der Waals surface area contributed by atoms with Gasteiger partial charge in [0.25, 0.3) is 0 Å². The highest BCUT2D eigenvalue weighted by Crippen LogP contribution is 2.38. The Labute approximate surface area is 80.4 Å². The summed E-state index contributed by atoms with van der Waals surface area (Å²) < 4.78 is 5.35. The maximum atomic E-state index is 5.80. The quantitative estimate of drug-likeness (QED) is 0.662. The second-order valence-electron chi connectivity index (χ2n) is 2.82. The van der Waals surface area contributed by atoms with E-state index in [9.17, 15) is 0 Å². The van der Waals surface area contributed by atoms with Crippen LogP contribution in [0.15, 0.2) is 0 Å². The van der Waals surface area contributed by atoms with Crippen molar-refractivity contribution in [3.05, 3.63) is 5.15 Å². The molecule has 0 atom stereocenters. The van der Waals surface area contributed by atoms with Crippen LogP contribution >= 0.6 is 11.6 Å². The summed E-state index contributed by atoms with van der Waals surface area (Å²) in [5.74, 6) is 0.879. The second kappa shape index (κ2) is 2.92. The summed E-state index contributed by atoms with van der Waals surface area (Å²) >= 11 is 5.80. The van der Waals surface area contributed by atoms with Crippen molar-refractivity contribution in [2.75, 3.05) is 30.8 Å². The molecule has 0 amide bonds. The SMILES string of the molecule is CN1CCOc2c(Cl)nnc(N)c21. The summed E-state index contributed by atoms with van der Waals surface area (Å²) in [5.41, 5.74) is 6.37. The molecule has 5 nitrogen and oxygen atoms in total.